The number of furan rings is 1. The van der Waals surface area contributed by atoms with Crippen molar-refractivity contribution in [1.29, 1.82) is 0 Å². The summed E-state index contributed by atoms with van der Waals surface area (Å²) in [5.74, 6) is -0.946. The maximum atomic E-state index is 17.6. The molecule has 4 atom stereocenters. The maximum Gasteiger partial charge on any atom is 0.471 e. The first kappa shape index (κ1) is 34.5. The second-order valence-corrected chi connectivity index (χ2v) is 14.9. The van der Waals surface area contributed by atoms with Crippen molar-refractivity contribution in [2.45, 2.75) is 69.0 Å². The second-order valence-electron chi connectivity index (χ2n) is 14.9. The van der Waals surface area contributed by atoms with Gasteiger partial charge in [-0.05, 0) is 68.8 Å². The number of ether oxygens (including phenoxy) is 1. The van der Waals surface area contributed by atoms with Crippen LogP contribution in [-0.2, 0) is 4.79 Å². The minimum Gasteiger partial charge on any atom is -0.508 e. The van der Waals surface area contributed by atoms with Crippen molar-refractivity contribution in [3.05, 3.63) is 53.3 Å². The van der Waals surface area contributed by atoms with Crippen LogP contribution in [0.3, 0.4) is 0 Å². The lowest BCUT2D eigenvalue weighted by Crippen LogP contribution is -2.59. The third-order valence-electron chi connectivity index (χ3n) is 11.6. The van der Waals surface area contributed by atoms with Crippen molar-refractivity contribution < 1.29 is 45.4 Å². The Kier molecular flexibility index (Phi) is 7.76. The minimum absolute atomic E-state index is 0.0149. The Morgan fingerprint density at radius 2 is 1.87 bits per heavy atom. The van der Waals surface area contributed by atoms with E-state index in [1.54, 1.807) is 17.9 Å². The molecule has 2 bridgehead atoms. The van der Waals surface area contributed by atoms with Gasteiger partial charge in [-0.1, -0.05) is 12.0 Å². The molecule has 2 aromatic heterocycles. The van der Waals surface area contributed by atoms with Crippen molar-refractivity contribution >= 4 is 44.4 Å². The van der Waals surface area contributed by atoms with Crippen LogP contribution >= 0.6 is 0 Å². The van der Waals surface area contributed by atoms with Crippen molar-refractivity contribution in [3.63, 3.8) is 0 Å². The van der Waals surface area contributed by atoms with Crippen molar-refractivity contribution in [1.82, 2.24) is 19.8 Å². The van der Waals surface area contributed by atoms with Gasteiger partial charge in [-0.3, -0.25) is 9.69 Å². The van der Waals surface area contributed by atoms with Crippen molar-refractivity contribution in [2.75, 3.05) is 37.7 Å². The molecule has 4 aliphatic rings. The molecule has 15 heteroatoms. The molecule has 0 spiro atoms. The fourth-order valence-corrected chi connectivity index (χ4v) is 9.44. The van der Waals surface area contributed by atoms with Gasteiger partial charge in [-0.2, -0.15) is 23.1 Å². The Balaban J connectivity index is 1.26. The van der Waals surface area contributed by atoms with Gasteiger partial charge in [0.2, 0.25) is 0 Å². The van der Waals surface area contributed by atoms with Crippen LogP contribution in [0.2, 0.25) is 0 Å². The number of aromatic hydroxyl groups is 1. The molecule has 1 amide bonds. The number of amides is 1. The number of alkyl halides is 4. The Labute approximate surface area is 304 Å². The van der Waals surface area contributed by atoms with Gasteiger partial charge in [0, 0.05) is 42.4 Å². The van der Waals surface area contributed by atoms with Crippen LogP contribution in [0.5, 0.6) is 11.8 Å². The molecule has 0 aliphatic carbocycles. The molecule has 1 N–H and O–H groups in total. The van der Waals surface area contributed by atoms with E-state index in [-0.39, 0.29) is 88.8 Å². The second kappa shape index (κ2) is 12.1. The fourth-order valence-electron chi connectivity index (χ4n) is 9.44. The van der Waals surface area contributed by atoms with Crippen molar-refractivity contribution in [2.24, 2.45) is 0 Å². The summed E-state index contributed by atoms with van der Waals surface area (Å²) in [7, 11) is 0. The lowest BCUT2D eigenvalue weighted by Gasteiger charge is -2.42. The molecule has 0 radical (unpaired) electrons. The molecule has 280 valence electrons. The minimum atomic E-state index is -5.05. The Bertz CT molecular complexity index is 2430. The Hall–Kier alpha value is -5.23. The summed E-state index contributed by atoms with van der Waals surface area (Å²) in [5.41, 5.74) is -1.10. The van der Waals surface area contributed by atoms with Crippen LogP contribution < -0.4 is 9.64 Å². The van der Waals surface area contributed by atoms with Crippen LogP contribution in [-0.4, -0.2) is 93.5 Å². The summed E-state index contributed by atoms with van der Waals surface area (Å²) in [6, 6.07) is 5.04. The predicted octanol–water partition coefficient (Wildman–Crippen LogP) is 7.17. The summed E-state index contributed by atoms with van der Waals surface area (Å²) >= 11 is 0. The van der Waals surface area contributed by atoms with E-state index < -0.39 is 47.5 Å². The molecule has 0 saturated carbocycles. The standard InChI is InChI=1S/C39H33F6N5O4/c1-3-25-28(41)8-5-20-12-24(51)13-26(29(20)25)30-32(42)33-31(27-11-19(2)54-34(27)30)35(48-16-22-6-7-23(17-48)50(22)36(52)39(43,44)45)47-37(46-33)53-18-38-9-4-10-49(38)15-21(40)14-38/h1,5,8,11-13,21-23,51H,4,6-7,9-10,14-18H2,2H3/t21-,22-,23+,38+/m1/s1. The summed E-state index contributed by atoms with van der Waals surface area (Å²) < 4.78 is 101. The zero-order chi connectivity index (χ0) is 37.8. The summed E-state index contributed by atoms with van der Waals surface area (Å²) in [4.78, 5) is 26.5. The van der Waals surface area contributed by atoms with E-state index in [0.29, 0.717) is 42.3 Å². The van der Waals surface area contributed by atoms with Crippen molar-refractivity contribution in [3.8, 4) is 35.2 Å². The molecule has 4 saturated heterocycles. The van der Waals surface area contributed by atoms with E-state index in [1.165, 1.54) is 18.2 Å². The highest BCUT2D eigenvalue weighted by atomic mass is 19.4. The topological polar surface area (TPSA) is 95.2 Å². The number of rotatable bonds is 5. The number of nitrogens with zero attached hydrogens (tertiary/aromatic N) is 5. The zero-order valence-corrected chi connectivity index (χ0v) is 28.9. The Morgan fingerprint density at radius 3 is 2.59 bits per heavy atom. The first-order chi connectivity index (χ1) is 25.8. The molecule has 54 heavy (non-hydrogen) atoms. The van der Waals surface area contributed by atoms with Gasteiger partial charge in [0.15, 0.2) is 5.82 Å². The SMILES string of the molecule is C#Cc1c(F)ccc2cc(O)cc(-c3c(F)c4nc(OC[C@@]56CCCN5C[C@H](F)C6)nc(N5C[C@H]6CC[C@@H](C5)N6C(=O)C(F)(F)F)c4c4cc(C)oc34)c12. The van der Waals surface area contributed by atoms with Crippen LogP contribution in [0.15, 0.2) is 34.7 Å². The van der Waals surface area contributed by atoms with E-state index in [0.717, 1.165) is 17.4 Å². The van der Waals surface area contributed by atoms with E-state index in [4.69, 9.17) is 20.6 Å². The molecule has 9 rings (SSSR count). The molecular formula is C39H33F6N5O4. The van der Waals surface area contributed by atoms with Gasteiger partial charge in [0.05, 0.1) is 34.1 Å². The highest BCUT2D eigenvalue weighted by Crippen LogP contribution is 2.48. The van der Waals surface area contributed by atoms with Gasteiger partial charge in [0.25, 0.3) is 0 Å². The van der Waals surface area contributed by atoms with Crippen LogP contribution in [0.1, 0.15) is 43.4 Å². The molecule has 6 heterocycles. The first-order valence-corrected chi connectivity index (χ1v) is 17.8. The fraction of sp³-hybridized carbons (Fsp3) is 0.410. The van der Waals surface area contributed by atoms with E-state index in [9.17, 15) is 27.5 Å². The largest absolute Gasteiger partial charge is 0.508 e. The molecule has 5 aromatic rings. The van der Waals surface area contributed by atoms with E-state index in [1.807, 2.05) is 4.90 Å². The monoisotopic (exact) mass is 749 g/mol. The average molecular weight is 750 g/mol. The smallest absolute Gasteiger partial charge is 0.471 e. The lowest BCUT2D eigenvalue weighted by atomic mass is 9.91. The van der Waals surface area contributed by atoms with Gasteiger partial charge < -0.3 is 24.1 Å². The highest BCUT2D eigenvalue weighted by molar-refractivity contribution is 6.18. The van der Waals surface area contributed by atoms with Crippen LogP contribution in [0, 0.1) is 30.9 Å². The van der Waals surface area contributed by atoms with Gasteiger partial charge in [0.1, 0.15) is 47.0 Å². The molecule has 4 fully saturated rings. The number of terminal acetylenes is 1. The van der Waals surface area contributed by atoms with Gasteiger partial charge in [-0.15, -0.1) is 6.42 Å². The first-order valence-electron chi connectivity index (χ1n) is 17.8. The van der Waals surface area contributed by atoms with Gasteiger partial charge in [-0.25, -0.2) is 13.2 Å². The number of piperazine rings is 1. The summed E-state index contributed by atoms with van der Waals surface area (Å²) in [6.07, 6.45) is 2.10. The zero-order valence-electron chi connectivity index (χ0n) is 28.9. The number of anilines is 1. The number of hydrogen-bond acceptors (Lipinski definition) is 8. The molecule has 0 unspecified atom stereocenters. The van der Waals surface area contributed by atoms with Gasteiger partial charge >= 0.3 is 18.1 Å². The normalized spacial score (nSPS) is 24.2. The highest BCUT2D eigenvalue weighted by Gasteiger charge is 2.53. The third-order valence-corrected chi connectivity index (χ3v) is 11.6. The number of halogens is 6. The number of aryl methyl sites for hydroxylation is 1. The number of fused-ring (bicyclic) bond motifs is 7. The van der Waals surface area contributed by atoms with E-state index >= 15 is 8.78 Å². The maximum absolute atomic E-state index is 17.6. The predicted molar refractivity (Wildman–Crippen MR) is 187 cm³/mol. The lowest BCUT2D eigenvalue weighted by molar-refractivity contribution is -0.188. The van der Waals surface area contributed by atoms with E-state index in [2.05, 4.69) is 10.9 Å². The quantitative estimate of drug-likeness (QED) is 0.150. The number of aromatic nitrogens is 2. The summed E-state index contributed by atoms with van der Waals surface area (Å²) in [6.45, 7) is 2.56. The van der Waals surface area contributed by atoms with Crippen LogP contribution in [0.25, 0.3) is 43.8 Å². The average Bonchev–Trinajstić information content (AvgIpc) is 3.85. The summed E-state index contributed by atoms with van der Waals surface area (Å²) in [5, 5.41) is 11.8. The number of carbonyl (C=O) groups excluding carboxylic acids is 1. The number of phenolic OH excluding ortho intramolecular Hbond substituents is 1. The third kappa shape index (κ3) is 5.24. The number of hydrogen-bond donors (Lipinski definition) is 1. The number of phenols is 1. The van der Waals surface area contributed by atoms with Crippen LogP contribution in [0.4, 0.5) is 32.2 Å². The number of benzene rings is 3. The molecule has 4 aliphatic heterocycles. The molecule has 9 nitrogen and oxygen atoms in total. The molecule has 3 aromatic carbocycles. The number of carbonyl (C=O) groups is 1. The Morgan fingerprint density at radius 1 is 1.11 bits per heavy atom. The molecular weight excluding hydrogens is 716 g/mol.